The number of carbonyl (C=O) groups is 1. The predicted molar refractivity (Wildman–Crippen MR) is 122 cm³/mol. The van der Waals surface area contributed by atoms with Crippen LogP contribution in [-0.2, 0) is 25.3 Å². The van der Waals surface area contributed by atoms with Gasteiger partial charge < -0.3 is 9.63 Å². The van der Waals surface area contributed by atoms with Gasteiger partial charge in [-0.25, -0.2) is 4.68 Å². The quantitative estimate of drug-likeness (QED) is 0.211. The first kappa shape index (κ1) is 27.6. The largest absolute Gasteiger partial charge is 0.416 e. The molecule has 7 nitrogen and oxygen atoms in total. The Hall–Kier alpha value is -3.42. The normalized spacial score (nSPS) is 12.2. The highest BCUT2D eigenvalue weighted by Gasteiger charge is 2.37. The van der Waals surface area contributed by atoms with Crippen molar-refractivity contribution in [2.24, 2.45) is 0 Å². The molecule has 0 saturated carbocycles. The molecular formula is C23H14Cl2F6N4O3. The molecule has 0 aliphatic carbocycles. The second kappa shape index (κ2) is 10.4. The van der Waals surface area contributed by atoms with Gasteiger partial charge in [0.25, 0.3) is 0 Å². The number of halogens is 8. The van der Waals surface area contributed by atoms with Crippen molar-refractivity contribution in [3.05, 3.63) is 86.3 Å². The fourth-order valence-corrected chi connectivity index (χ4v) is 4.05. The van der Waals surface area contributed by atoms with Crippen molar-refractivity contribution in [3.63, 3.8) is 0 Å². The van der Waals surface area contributed by atoms with Gasteiger partial charge in [0.05, 0.1) is 34.0 Å². The summed E-state index contributed by atoms with van der Waals surface area (Å²) in [6, 6.07) is 7.37. The zero-order valence-corrected chi connectivity index (χ0v) is 20.3. The minimum absolute atomic E-state index is 0.00771. The number of nitrogens with zero attached hydrogens (tertiary/aromatic N) is 4. The number of hydrogen-bond donors (Lipinski definition) is 1. The van der Waals surface area contributed by atoms with Gasteiger partial charge in [-0.1, -0.05) is 45.7 Å². The first-order valence-electron chi connectivity index (χ1n) is 10.6. The summed E-state index contributed by atoms with van der Waals surface area (Å²) in [6.45, 7) is -1.05. The molecule has 0 aliphatic rings. The Morgan fingerprint density at radius 2 is 1.63 bits per heavy atom. The van der Waals surface area contributed by atoms with E-state index in [1.165, 1.54) is 6.07 Å². The second-order valence-corrected chi connectivity index (χ2v) is 8.68. The molecule has 2 aromatic heterocycles. The Kier molecular flexibility index (Phi) is 7.55. The number of benzene rings is 2. The maximum atomic E-state index is 13.4. The standard InChI is InChI=1S/C23H14Cl2F6N4O3/c24-15-4-2-1-3-14(15)20-17(16(5-6-36)33-38-20)19(37)18-21(25)35(34-32-18)10-11-7-12(22(26,27)28)9-13(8-11)23(29,30)31/h1-4,7-9,36H,5-6,10H2. The number of ketones is 1. The summed E-state index contributed by atoms with van der Waals surface area (Å²) in [5, 5.41) is 20.3. The molecular weight excluding hydrogens is 565 g/mol. The SMILES string of the molecule is O=C(c1nnn(Cc2cc(C(F)(F)F)cc(C(F)(F)F)c2)c1Cl)c1c(CCO)noc1-c1ccccc1Cl. The Morgan fingerprint density at radius 3 is 2.21 bits per heavy atom. The predicted octanol–water partition coefficient (Wildman–Crippen LogP) is 6.09. The average molecular weight is 579 g/mol. The van der Waals surface area contributed by atoms with E-state index in [0.717, 1.165) is 4.68 Å². The number of alkyl halides is 6. The van der Waals surface area contributed by atoms with Crippen molar-refractivity contribution in [1.82, 2.24) is 20.2 Å². The van der Waals surface area contributed by atoms with E-state index in [0.29, 0.717) is 17.7 Å². The lowest BCUT2D eigenvalue weighted by molar-refractivity contribution is -0.143. The number of carbonyl (C=O) groups excluding carboxylic acids is 1. The topological polar surface area (TPSA) is 94.0 Å². The maximum absolute atomic E-state index is 13.4. The van der Waals surface area contributed by atoms with E-state index in [2.05, 4.69) is 15.5 Å². The van der Waals surface area contributed by atoms with E-state index in [-0.39, 0.29) is 34.5 Å². The van der Waals surface area contributed by atoms with E-state index in [1.807, 2.05) is 0 Å². The molecule has 38 heavy (non-hydrogen) atoms. The van der Waals surface area contributed by atoms with Crippen LogP contribution < -0.4 is 0 Å². The zero-order chi connectivity index (χ0) is 27.8. The van der Waals surface area contributed by atoms with Gasteiger partial charge in [0, 0.05) is 18.6 Å². The van der Waals surface area contributed by atoms with Gasteiger partial charge in [-0.2, -0.15) is 26.3 Å². The number of hydrogen-bond acceptors (Lipinski definition) is 6. The van der Waals surface area contributed by atoms with Crippen LogP contribution in [0.15, 0.2) is 47.0 Å². The van der Waals surface area contributed by atoms with Crippen molar-refractivity contribution in [1.29, 1.82) is 0 Å². The molecule has 0 unspecified atom stereocenters. The molecule has 200 valence electrons. The summed E-state index contributed by atoms with van der Waals surface area (Å²) in [6.07, 6.45) is -10.2. The minimum atomic E-state index is -5.05. The van der Waals surface area contributed by atoms with Crippen LogP contribution in [0, 0.1) is 0 Å². The zero-order valence-electron chi connectivity index (χ0n) is 18.7. The molecule has 1 N–H and O–H groups in total. The molecule has 0 fully saturated rings. The second-order valence-electron chi connectivity index (χ2n) is 7.92. The van der Waals surface area contributed by atoms with E-state index < -0.39 is 58.8 Å². The van der Waals surface area contributed by atoms with E-state index >= 15 is 0 Å². The highest BCUT2D eigenvalue weighted by Crippen LogP contribution is 2.37. The number of aliphatic hydroxyl groups excluding tert-OH is 1. The molecule has 4 rings (SSSR count). The van der Waals surface area contributed by atoms with Crippen LogP contribution in [0.4, 0.5) is 26.3 Å². The van der Waals surface area contributed by atoms with Crippen molar-refractivity contribution in [2.75, 3.05) is 6.61 Å². The number of aromatic nitrogens is 4. The van der Waals surface area contributed by atoms with Gasteiger partial charge in [0.2, 0.25) is 5.78 Å². The molecule has 0 radical (unpaired) electrons. The number of rotatable bonds is 7. The summed E-state index contributed by atoms with van der Waals surface area (Å²) in [4.78, 5) is 13.4. The molecule has 0 bridgehead atoms. The lowest BCUT2D eigenvalue weighted by atomic mass is 10.00. The van der Waals surface area contributed by atoms with Crippen molar-refractivity contribution in [3.8, 4) is 11.3 Å². The summed E-state index contributed by atoms with van der Waals surface area (Å²) >= 11 is 12.5. The summed E-state index contributed by atoms with van der Waals surface area (Å²) in [5.74, 6) is -0.914. The third-order valence-electron chi connectivity index (χ3n) is 5.33. The van der Waals surface area contributed by atoms with Gasteiger partial charge in [0.1, 0.15) is 0 Å². The van der Waals surface area contributed by atoms with Crippen molar-refractivity contribution >= 4 is 29.0 Å². The maximum Gasteiger partial charge on any atom is 0.416 e. The Balaban J connectivity index is 1.74. The molecule has 0 aliphatic heterocycles. The van der Waals surface area contributed by atoms with Crippen LogP contribution in [0.2, 0.25) is 10.2 Å². The summed E-state index contributed by atoms with van der Waals surface area (Å²) < 4.78 is 85.4. The Bertz CT molecular complexity index is 1470. The van der Waals surface area contributed by atoms with Crippen LogP contribution in [0.3, 0.4) is 0 Å². The first-order chi connectivity index (χ1) is 17.8. The molecule has 0 saturated heterocycles. The molecule has 2 heterocycles. The van der Waals surface area contributed by atoms with Crippen molar-refractivity contribution in [2.45, 2.75) is 25.3 Å². The smallest absolute Gasteiger partial charge is 0.396 e. The van der Waals surface area contributed by atoms with Gasteiger partial charge in [0.15, 0.2) is 16.6 Å². The molecule has 0 spiro atoms. The average Bonchev–Trinajstić information content (AvgIpc) is 3.41. The van der Waals surface area contributed by atoms with Gasteiger partial charge >= 0.3 is 12.4 Å². The Morgan fingerprint density at radius 1 is 1.00 bits per heavy atom. The van der Waals surface area contributed by atoms with Crippen LogP contribution in [0.1, 0.15) is 38.4 Å². The third kappa shape index (κ3) is 5.54. The monoisotopic (exact) mass is 578 g/mol. The number of aliphatic hydroxyl groups is 1. The van der Waals surface area contributed by atoms with Gasteiger partial charge in [-0.05, 0) is 35.9 Å². The van der Waals surface area contributed by atoms with Crippen LogP contribution in [0.5, 0.6) is 0 Å². The Labute approximate surface area is 219 Å². The molecule has 15 heteroatoms. The highest BCUT2D eigenvalue weighted by atomic mass is 35.5. The molecule has 0 amide bonds. The highest BCUT2D eigenvalue weighted by molar-refractivity contribution is 6.35. The van der Waals surface area contributed by atoms with Crippen molar-refractivity contribution < 1.29 is 40.8 Å². The molecule has 4 aromatic rings. The van der Waals surface area contributed by atoms with Crippen LogP contribution in [0.25, 0.3) is 11.3 Å². The van der Waals surface area contributed by atoms with E-state index in [4.69, 9.17) is 27.7 Å². The van der Waals surface area contributed by atoms with Gasteiger partial charge in [-0.15, -0.1) is 5.10 Å². The third-order valence-corrected chi connectivity index (χ3v) is 6.03. The molecule has 0 atom stereocenters. The first-order valence-corrected chi connectivity index (χ1v) is 11.3. The lowest BCUT2D eigenvalue weighted by Crippen LogP contribution is -2.13. The van der Waals surface area contributed by atoms with Gasteiger partial charge in [-0.3, -0.25) is 4.79 Å². The van der Waals surface area contributed by atoms with E-state index in [1.54, 1.807) is 18.2 Å². The van der Waals surface area contributed by atoms with Crippen LogP contribution >= 0.6 is 23.2 Å². The minimum Gasteiger partial charge on any atom is -0.396 e. The molecule has 2 aromatic carbocycles. The van der Waals surface area contributed by atoms with E-state index in [9.17, 15) is 36.2 Å². The summed E-state index contributed by atoms with van der Waals surface area (Å²) in [7, 11) is 0. The fourth-order valence-electron chi connectivity index (χ4n) is 3.61. The lowest BCUT2D eigenvalue weighted by Gasteiger charge is -2.14. The van der Waals surface area contributed by atoms with Crippen LogP contribution in [-0.4, -0.2) is 37.6 Å². The fraction of sp³-hybridized carbons (Fsp3) is 0.217. The summed E-state index contributed by atoms with van der Waals surface area (Å²) in [5.41, 5.74) is -3.73.